The lowest BCUT2D eigenvalue weighted by Crippen LogP contribution is -2.13. The molecular weight excluding hydrogens is 256 g/mol. The summed E-state index contributed by atoms with van der Waals surface area (Å²) in [5, 5.41) is 13.4. The van der Waals surface area contributed by atoms with Gasteiger partial charge in [-0.1, -0.05) is 12.1 Å². The summed E-state index contributed by atoms with van der Waals surface area (Å²) in [6.07, 6.45) is 0. The fraction of sp³-hybridized carbons (Fsp3) is 0.133. The van der Waals surface area contributed by atoms with Gasteiger partial charge in [0.2, 0.25) is 0 Å². The van der Waals surface area contributed by atoms with Crippen LogP contribution in [0, 0.1) is 24.0 Å². The van der Waals surface area contributed by atoms with Crippen molar-refractivity contribution in [3.63, 3.8) is 0 Å². The molecule has 0 aliphatic rings. The number of nitrogens with one attached hydrogen (secondary N) is 1. The zero-order chi connectivity index (χ0) is 14.7. The van der Waals surface area contributed by atoms with Crippen LogP contribution in [-0.4, -0.2) is 10.8 Å². The van der Waals surface area contributed by atoms with Crippen LogP contribution in [0.3, 0.4) is 0 Å². The standard InChI is InChI=1S/C15H14N2O3/c1-10-4-3-5-14(11(10)2)16-15(18)12-6-8-13(9-7-12)17(19)20/h3-9H,1-2H3,(H,16,18). The first-order valence-corrected chi connectivity index (χ1v) is 6.11. The van der Waals surface area contributed by atoms with Gasteiger partial charge < -0.3 is 5.32 Å². The Labute approximate surface area is 116 Å². The molecular formula is C15H14N2O3. The van der Waals surface area contributed by atoms with Crippen molar-refractivity contribution < 1.29 is 9.72 Å². The Morgan fingerprint density at radius 1 is 1.10 bits per heavy atom. The monoisotopic (exact) mass is 270 g/mol. The molecule has 2 aromatic rings. The third-order valence-electron chi connectivity index (χ3n) is 3.19. The molecule has 102 valence electrons. The van der Waals surface area contributed by atoms with Gasteiger partial charge in [-0.25, -0.2) is 0 Å². The van der Waals surface area contributed by atoms with Crippen molar-refractivity contribution in [2.45, 2.75) is 13.8 Å². The van der Waals surface area contributed by atoms with Gasteiger partial charge in [-0.3, -0.25) is 14.9 Å². The first-order chi connectivity index (χ1) is 9.49. The van der Waals surface area contributed by atoms with Crippen LogP contribution in [0.5, 0.6) is 0 Å². The average molecular weight is 270 g/mol. The maximum Gasteiger partial charge on any atom is 0.269 e. The van der Waals surface area contributed by atoms with Crippen molar-refractivity contribution in [3.8, 4) is 0 Å². The largest absolute Gasteiger partial charge is 0.322 e. The molecule has 0 spiro atoms. The lowest BCUT2D eigenvalue weighted by atomic mass is 10.1. The third kappa shape index (κ3) is 2.83. The van der Waals surface area contributed by atoms with E-state index in [4.69, 9.17) is 0 Å². The van der Waals surface area contributed by atoms with Gasteiger partial charge in [0.05, 0.1) is 4.92 Å². The number of anilines is 1. The number of aryl methyl sites for hydroxylation is 1. The second kappa shape index (κ2) is 5.52. The molecule has 1 N–H and O–H groups in total. The number of nitro benzene ring substituents is 1. The highest BCUT2D eigenvalue weighted by Crippen LogP contribution is 2.19. The number of rotatable bonds is 3. The normalized spacial score (nSPS) is 10.1. The van der Waals surface area contributed by atoms with E-state index in [2.05, 4.69) is 5.32 Å². The van der Waals surface area contributed by atoms with E-state index in [1.807, 2.05) is 32.0 Å². The summed E-state index contributed by atoms with van der Waals surface area (Å²) in [6, 6.07) is 11.2. The Morgan fingerprint density at radius 2 is 1.75 bits per heavy atom. The van der Waals surface area contributed by atoms with Gasteiger partial charge >= 0.3 is 0 Å². The van der Waals surface area contributed by atoms with Crippen LogP contribution in [0.2, 0.25) is 0 Å². The van der Waals surface area contributed by atoms with E-state index in [0.29, 0.717) is 5.56 Å². The quantitative estimate of drug-likeness (QED) is 0.685. The van der Waals surface area contributed by atoms with Crippen molar-refractivity contribution in [2.24, 2.45) is 0 Å². The second-order valence-electron chi connectivity index (χ2n) is 4.51. The van der Waals surface area contributed by atoms with Gasteiger partial charge in [-0.05, 0) is 43.2 Å². The first-order valence-electron chi connectivity index (χ1n) is 6.11. The maximum atomic E-state index is 12.1. The molecule has 5 heteroatoms. The van der Waals surface area contributed by atoms with Crippen molar-refractivity contribution in [1.82, 2.24) is 0 Å². The molecule has 0 fully saturated rings. The number of non-ortho nitro benzene ring substituents is 1. The summed E-state index contributed by atoms with van der Waals surface area (Å²) in [4.78, 5) is 22.1. The SMILES string of the molecule is Cc1cccc(NC(=O)c2ccc([N+](=O)[O-])cc2)c1C. The van der Waals surface area contributed by atoms with Crippen molar-refractivity contribution in [3.05, 3.63) is 69.3 Å². The van der Waals surface area contributed by atoms with Gasteiger partial charge in [0, 0.05) is 23.4 Å². The zero-order valence-corrected chi connectivity index (χ0v) is 11.2. The average Bonchev–Trinajstić information content (AvgIpc) is 2.44. The lowest BCUT2D eigenvalue weighted by molar-refractivity contribution is -0.384. The van der Waals surface area contributed by atoms with Crippen LogP contribution < -0.4 is 5.32 Å². The predicted octanol–water partition coefficient (Wildman–Crippen LogP) is 3.46. The summed E-state index contributed by atoms with van der Waals surface area (Å²) in [6.45, 7) is 3.90. The maximum absolute atomic E-state index is 12.1. The Kier molecular flexibility index (Phi) is 3.79. The summed E-state index contributed by atoms with van der Waals surface area (Å²) in [7, 11) is 0. The smallest absolute Gasteiger partial charge is 0.269 e. The highest BCUT2D eigenvalue weighted by Gasteiger charge is 2.10. The fourth-order valence-electron chi connectivity index (χ4n) is 1.82. The molecule has 0 heterocycles. The molecule has 2 rings (SSSR count). The van der Waals surface area contributed by atoms with Crippen LogP contribution >= 0.6 is 0 Å². The number of hydrogen-bond acceptors (Lipinski definition) is 3. The summed E-state index contributed by atoms with van der Waals surface area (Å²) in [5.74, 6) is -0.284. The van der Waals surface area contributed by atoms with Crippen LogP contribution in [0.1, 0.15) is 21.5 Å². The Morgan fingerprint density at radius 3 is 2.35 bits per heavy atom. The minimum absolute atomic E-state index is 0.0340. The molecule has 0 aromatic heterocycles. The lowest BCUT2D eigenvalue weighted by Gasteiger charge is -2.10. The molecule has 20 heavy (non-hydrogen) atoms. The summed E-state index contributed by atoms with van der Waals surface area (Å²) < 4.78 is 0. The van der Waals surface area contributed by atoms with Gasteiger partial charge in [-0.2, -0.15) is 0 Å². The molecule has 2 aromatic carbocycles. The number of nitro groups is 1. The van der Waals surface area contributed by atoms with E-state index in [1.165, 1.54) is 24.3 Å². The number of carbonyl (C=O) groups excluding carboxylic acids is 1. The van der Waals surface area contributed by atoms with Gasteiger partial charge in [0.1, 0.15) is 0 Å². The van der Waals surface area contributed by atoms with E-state index in [-0.39, 0.29) is 11.6 Å². The third-order valence-corrected chi connectivity index (χ3v) is 3.19. The number of amides is 1. The van der Waals surface area contributed by atoms with Gasteiger partial charge in [-0.15, -0.1) is 0 Å². The van der Waals surface area contributed by atoms with E-state index in [1.54, 1.807) is 0 Å². The fourth-order valence-corrected chi connectivity index (χ4v) is 1.82. The van der Waals surface area contributed by atoms with Crippen LogP contribution in [0.15, 0.2) is 42.5 Å². The van der Waals surface area contributed by atoms with E-state index in [0.717, 1.165) is 16.8 Å². The van der Waals surface area contributed by atoms with Crippen LogP contribution in [0.4, 0.5) is 11.4 Å². The molecule has 0 atom stereocenters. The highest BCUT2D eigenvalue weighted by molar-refractivity contribution is 6.04. The second-order valence-corrected chi connectivity index (χ2v) is 4.51. The number of nitrogens with zero attached hydrogens (tertiary/aromatic N) is 1. The van der Waals surface area contributed by atoms with E-state index < -0.39 is 4.92 Å². The topological polar surface area (TPSA) is 72.2 Å². The minimum atomic E-state index is -0.494. The predicted molar refractivity (Wildman–Crippen MR) is 77.0 cm³/mol. The molecule has 0 saturated heterocycles. The van der Waals surface area contributed by atoms with Gasteiger partial charge in [0.15, 0.2) is 0 Å². The minimum Gasteiger partial charge on any atom is -0.322 e. The molecule has 1 amide bonds. The van der Waals surface area contributed by atoms with Crippen molar-refractivity contribution in [1.29, 1.82) is 0 Å². The van der Waals surface area contributed by atoms with Crippen LogP contribution in [0.25, 0.3) is 0 Å². The van der Waals surface area contributed by atoms with E-state index in [9.17, 15) is 14.9 Å². The Balaban J connectivity index is 2.20. The number of benzene rings is 2. The van der Waals surface area contributed by atoms with Crippen molar-refractivity contribution >= 4 is 17.3 Å². The summed E-state index contributed by atoms with van der Waals surface area (Å²) >= 11 is 0. The molecule has 5 nitrogen and oxygen atoms in total. The molecule has 0 aliphatic carbocycles. The van der Waals surface area contributed by atoms with Crippen LogP contribution in [-0.2, 0) is 0 Å². The molecule has 0 unspecified atom stereocenters. The highest BCUT2D eigenvalue weighted by atomic mass is 16.6. The van der Waals surface area contributed by atoms with Crippen molar-refractivity contribution in [2.75, 3.05) is 5.32 Å². The zero-order valence-electron chi connectivity index (χ0n) is 11.2. The number of carbonyl (C=O) groups is 1. The Bertz CT molecular complexity index is 663. The van der Waals surface area contributed by atoms with Gasteiger partial charge in [0.25, 0.3) is 11.6 Å². The first kappa shape index (κ1) is 13.7. The number of hydrogen-bond donors (Lipinski definition) is 1. The molecule has 0 radical (unpaired) electrons. The molecule has 0 aliphatic heterocycles. The molecule has 0 bridgehead atoms. The van der Waals surface area contributed by atoms with E-state index >= 15 is 0 Å². The Hall–Kier alpha value is -2.69. The summed E-state index contributed by atoms with van der Waals surface area (Å²) in [5.41, 5.74) is 3.19. The molecule has 0 saturated carbocycles.